The zero-order chi connectivity index (χ0) is 19.6. The van der Waals surface area contributed by atoms with Gasteiger partial charge < -0.3 is 24.8 Å². The minimum absolute atomic E-state index is 0.151. The van der Waals surface area contributed by atoms with Crippen molar-refractivity contribution in [2.75, 3.05) is 32.2 Å². The van der Waals surface area contributed by atoms with Gasteiger partial charge in [-0.2, -0.15) is 0 Å². The number of ether oxygens (including phenoxy) is 3. The van der Waals surface area contributed by atoms with Gasteiger partial charge in [-0.25, -0.2) is 0 Å². The predicted molar refractivity (Wildman–Crippen MR) is 103 cm³/mol. The Morgan fingerprint density at radius 1 is 0.926 bits per heavy atom. The second kappa shape index (κ2) is 10.1. The van der Waals surface area contributed by atoms with Gasteiger partial charge in [-0.1, -0.05) is 0 Å². The highest BCUT2D eigenvalue weighted by molar-refractivity contribution is 5.99. The molecule has 27 heavy (non-hydrogen) atoms. The average molecular weight is 372 g/mol. The summed E-state index contributed by atoms with van der Waals surface area (Å²) in [6, 6.07) is 11.8. The van der Waals surface area contributed by atoms with Crippen LogP contribution < -0.4 is 24.8 Å². The molecule has 7 heteroatoms. The van der Waals surface area contributed by atoms with E-state index in [0.717, 1.165) is 0 Å². The van der Waals surface area contributed by atoms with Crippen LogP contribution in [0.15, 0.2) is 42.5 Å². The quantitative estimate of drug-likeness (QED) is 0.707. The normalized spacial score (nSPS) is 10.0. The molecule has 0 fully saturated rings. The largest absolute Gasteiger partial charge is 0.494 e. The SMILES string of the molecule is CCOc1ccc(C(=O)NCC(=O)Nc2ccc(OCC)c(OC)c2)cc1. The fourth-order valence-corrected chi connectivity index (χ4v) is 2.36. The molecule has 2 N–H and O–H groups in total. The molecule has 0 unspecified atom stereocenters. The van der Waals surface area contributed by atoms with E-state index >= 15 is 0 Å². The summed E-state index contributed by atoms with van der Waals surface area (Å²) >= 11 is 0. The number of hydrogen-bond acceptors (Lipinski definition) is 5. The van der Waals surface area contributed by atoms with E-state index < -0.39 is 0 Å². The van der Waals surface area contributed by atoms with Gasteiger partial charge in [0.1, 0.15) is 5.75 Å². The second-order valence-electron chi connectivity index (χ2n) is 5.49. The van der Waals surface area contributed by atoms with E-state index in [-0.39, 0.29) is 18.4 Å². The molecule has 0 aliphatic rings. The first kappa shape index (κ1) is 20.1. The van der Waals surface area contributed by atoms with Gasteiger partial charge in [0.25, 0.3) is 5.91 Å². The molecule has 7 nitrogen and oxygen atoms in total. The van der Waals surface area contributed by atoms with Gasteiger partial charge in [-0.15, -0.1) is 0 Å². The Hall–Kier alpha value is -3.22. The molecule has 0 bridgehead atoms. The monoisotopic (exact) mass is 372 g/mol. The molecular weight excluding hydrogens is 348 g/mol. The van der Waals surface area contributed by atoms with Crippen molar-refractivity contribution in [3.63, 3.8) is 0 Å². The number of anilines is 1. The third-order valence-electron chi connectivity index (χ3n) is 3.58. The van der Waals surface area contributed by atoms with Crippen LogP contribution in [0.3, 0.4) is 0 Å². The fourth-order valence-electron chi connectivity index (χ4n) is 2.36. The maximum atomic E-state index is 12.1. The van der Waals surface area contributed by atoms with Crippen LogP contribution in [-0.4, -0.2) is 38.7 Å². The van der Waals surface area contributed by atoms with Crippen molar-refractivity contribution >= 4 is 17.5 Å². The molecule has 0 heterocycles. The standard InChI is InChI=1S/C20H24N2O5/c1-4-26-16-9-6-14(7-10-16)20(24)21-13-19(23)22-15-8-11-17(27-5-2)18(12-15)25-3/h6-12H,4-5,13H2,1-3H3,(H,21,24)(H,22,23). The van der Waals surface area contributed by atoms with Gasteiger partial charge in [0.2, 0.25) is 5.91 Å². The first-order valence-corrected chi connectivity index (χ1v) is 8.69. The number of hydrogen-bond donors (Lipinski definition) is 2. The van der Waals surface area contributed by atoms with Crippen LogP contribution in [0.1, 0.15) is 24.2 Å². The highest BCUT2D eigenvalue weighted by Gasteiger charge is 2.10. The van der Waals surface area contributed by atoms with Gasteiger partial charge >= 0.3 is 0 Å². The van der Waals surface area contributed by atoms with Crippen molar-refractivity contribution in [2.45, 2.75) is 13.8 Å². The van der Waals surface area contributed by atoms with Crippen LogP contribution in [0.4, 0.5) is 5.69 Å². The van der Waals surface area contributed by atoms with Crippen LogP contribution >= 0.6 is 0 Å². The van der Waals surface area contributed by atoms with Gasteiger partial charge in [0.15, 0.2) is 11.5 Å². The Morgan fingerprint density at radius 2 is 1.63 bits per heavy atom. The minimum Gasteiger partial charge on any atom is -0.494 e. The summed E-state index contributed by atoms with van der Waals surface area (Å²) in [5, 5.41) is 5.29. The fraction of sp³-hybridized carbons (Fsp3) is 0.300. The molecule has 0 atom stereocenters. The first-order valence-electron chi connectivity index (χ1n) is 8.69. The number of carbonyl (C=O) groups excluding carboxylic acids is 2. The highest BCUT2D eigenvalue weighted by atomic mass is 16.5. The van der Waals surface area contributed by atoms with Crippen LogP contribution in [0.25, 0.3) is 0 Å². The first-order chi connectivity index (χ1) is 13.1. The molecule has 2 aromatic carbocycles. The number of methoxy groups -OCH3 is 1. The average Bonchev–Trinajstić information content (AvgIpc) is 2.68. The summed E-state index contributed by atoms with van der Waals surface area (Å²) in [4.78, 5) is 24.2. The Balaban J connectivity index is 1.89. The number of rotatable bonds is 9. The molecule has 0 aromatic heterocycles. The molecule has 0 saturated heterocycles. The molecule has 0 aliphatic heterocycles. The lowest BCUT2D eigenvalue weighted by Gasteiger charge is -2.12. The molecule has 0 aliphatic carbocycles. The van der Waals surface area contributed by atoms with Gasteiger partial charge in [-0.05, 0) is 50.2 Å². The van der Waals surface area contributed by atoms with Crippen molar-refractivity contribution in [1.29, 1.82) is 0 Å². The van der Waals surface area contributed by atoms with E-state index in [1.807, 2.05) is 13.8 Å². The molecule has 144 valence electrons. The summed E-state index contributed by atoms with van der Waals surface area (Å²) < 4.78 is 16.0. The Bertz CT molecular complexity index is 774. The summed E-state index contributed by atoms with van der Waals surface area (Å²) in [5.74, 6) is 1.13. The van der Waals surface area contributed by atoms with Crippen LogP contribution in [0.2, 0.25) is 0 Å². The molecule has 2 amide bonds. The van der Waals surface area contributed by atoms with Crippen molar-refractivity contribution < 1.29 is 23.8 Å². The van der Waals surface area contributed by atoms with E-state index in [4.69, 9.17) is 14.2 Å². The Labute approximate surface area is 158 Å². The zero-order valence-corrected chi connectivity index (χ0v) is 15.7. The maximum absolute atomic E-state index is 12.1. The smallest absolute Gasteiger partial charge is 0.251 e. The van der Waals surface area contributed by atoms with E-state index in [1.54, 1.807) is 42.5 Å². The second-order valence-corrected chi connectivity index (χ2v) is 5.49. The lowest BCUT2D eigenvalue weighted by atomic mass is 10.2. The van der Waals surface area contributed by atoms with E-state index in [9.17, 15) is 9.59 Å². The third kappa shape index (κ3) is 5.91. The highest BCUT2D eigenvalue weighted by Crippen LogP contribution is 2.30. The molecule has 0 radical (unpaired) electrons. The van der Waals surface area contributed by atoms with Crippen molar-refractivity contribution in [2.24, 2.45) is 0 Å². The minimum atomic E-state index is -0.347. The molecule has 0 spiro atoms. The number of benzene rings is 2. The summed E-state index contributed by atoms with van der Waals surface area (Å²) in [6.07, 6.45) is 0. The molecule has 2 aromatic rings. The number of nitrogens with one attached hydrogen (secondary N) is 2. The van der Waals surface area contributed by atoms with Crippen molar-refractivity contribution in [1.82, 2.24) is 5.32 Å². The Morgan fingerprint density at radius 3 is 2.26 bits per heavy atom. The summed E-state index contributed by atoms with van der Waals surface area (Å²) in [7, 11) is 1.53. The summed E-state index contributed by atoms with van der Waals surface area (Å²) in [5.41, 5.74) is 1.00. The van der Waals surface area contributed by atoms with Gasteiger partial charge in [0.05, 0.1) is 26.9 Å². The lowest BCUT2D eigenvalue weighted by molar-refractivity contribution is -0.115. The van der Waals surface area contributed by atoms with Gasteiger partial charge in [-0.3, -0.25) is 9.59 Å². The van der Waals surface area contributed by atoms with E-state index in [0.29, 0.717) is 41.7 Å². The number of carbonyl (C=O) groups is 2. The molecule has 2 rings (SSSR count). The zero-order valence-electron chi connectivity index (χ0n) is 15.7. The van der Waals surface area contributed by atoms with Crippen LogP contribution in [0.5, 0.6) is 17.2 Å². The van der Waals surface area contributed by atoms with Gasteiger partial charge in [0, 0.05) is 17.3 Å². The van der Waals surface area contributed by atoms with E-state index in [1.165, 1.54) is 7.11 Å². The van der Waals surface area contributed by atoms with Crippen molar-refractivity contribution in [3.05, 3.63) is 48.0 Å². The van der Waals surface area contributed by atoms with Crippen LogP contribution in [0, 0.1) is 0 Å². The maximum Gasteiger partial charge on any atom is 0.251 e. The molecular formula is C20H24N2O5. The lowest BCUT2D eigenvalue weighted by Crippen LogP contribution is -2.32. The molecule has 0 saturated carbocycles. The predicted octanol–water partition coefficient (Wildman–Crippen LogP) is 2.86. The number of amides is 2. The third-order valence-corrected chi connectivity index (χ3v) is 3.58. The van der Waals surface area contributed by atoms with E-state index in [2.05, 4.69) is 10.6 Å². The topological polar surface area (TPSA) is 85.9 Å². The van der Waals surface area contributed by atoms with Crippen molar-refractivity contribution in [3.8, 4) is 17.2 Å². The summed E-state index contributed by atoms with van der Waals surface area (Å²) in [6.45, 7) is 4.69. The Kier molecular flexibility index (Phi) is 7.49. The van der Waals surface area contributed by atoms with Crippen LogP contribution in [-0.2, 0) is 4.79 Å².